The number of likely N-dealkylation sites (tertiary alicyclic amines) is 1. The van der Waals surface area contributed by atoms with Crippen LogP contribution in [0.2, 0.25) is 0 Å². The molecule has 2 N–H and O–H groups in total. The number of rotatable bonds is 5. The zero-order valence-corrected chi connectivity index (χ0v) is 15.4. The van der Waals surface area contributed by atoms with Gasteiger partial charge < -0.3 is 15.5 Å². The molecule has 0 spiro atoms. The van der Waals surface area contributed by atoms with Crippen LogP contribution in [0.25, 0.3) is 0 Å². The van der Waals surface area contributed by atoms with E-state index >= 15 is 0 Å². The van der Waals surface area contributed by atoms with E-state index in [0.717, 1.165) is 5.56 Å². The molecule has 1 fully saturated rings. The number of benzene rings is 2. The van der Waals surface area contributed by atoms with Crippen LogP contribution < -0.4 is 10.6 Å². The lowest BCUT2D eigenvalue weighted by Crippen LogP contribution is -2.30. The summed E-state index contributed by atoms with van der Waals surface area (Å²) in [6.07, 6.45) is 0.208. The van der Waals surface area contributed by atoms with Crippen molar-refractivity contribution >= 4 is 23.4 Å². The minimum Gasteiger partial charge on any atom is -0.355 e. The summed E-state index contributed by atoms with van der Waals surface area (Å²) in [5, 5.41) is 5.39. The second kappa shape index (κ2) is 8.03. The molecule has 0 bridgehead atoms. The molecule has 6 nitrogen and oxygen atoms in total. The van der Waals surface area contributed by atoms with Crippen LogP contribution in [-0.2, 0) is 9.59 Å². The second-order valence-electron chi connectivity index (χ2n) is 6.68. The van der Waals surface area contributed by atoms with Gasteiger partial charge in [-0.25, -0.2) is 0 Å². The maximum atomic E-state index is 12.6. The standard InChI is InChI=1S/C21H23N3O3/c1-14(15-6-4-3-5-7-15)24-13-17(12-19(24)25)21(27)23-18-10-8-16(9-11-18)20(26)22-2/h3-11,14,17H,12-13H2,1-2H3,(H,22,26)(H,23,27)/t14-,17-/m0/s1. The van der Waals surface area contributed by atoms with E-state index in [1.807, 2.05) is 37.3 Å². The Hall–Kier alpha value is -3.15. The number of nitrogens with zero attached hydrogens (tertiary/aromatic N) is 1. The molecule has 6 heteroatoms. The van der Waals surface area contributed by atoms with Crippen molar-refractivity contribution in [2.24, 2.45) is 5.92 Å². The Morgan fingerprint density at radius 3 is 2.37 bits per heavy atom. The van der Waals surface area contributed by atoms with Crippen molar-refractivity contribution in [2.75, 3.05) is 18.9 Å². The van der Waals surface area contributed by atoms with E-state index in [2.05, 4.69) is 10.6 Å². The Morgan fingerprint density at radius 2 is 1.74 bits per heavy atom. The second-order valence-corrected chi connectivity index (χ2v) is 6.68. The van der Waals surface area contributed by atoms with Gasteiger partial charge in [-0.3, -0.25) is 14.4 Å². The van der Waals surface area contributed by atoms with Crippen LogP contribution in [0.5, 0.6) is 0 Å². The van der Waals surface area contributed by atoms with Crippen LogP contribution in [-0.4, -0.2) is 36.2 Å². The lowest BCUT2D eigenvalue weighted by Gasteiger charge is -2.25. The topological polar surface area (TPSA) is 78.5 Å². The van der Waals surface area contributed by atoms with Gasteiger partial charge >= 0.3 is 0 Å². The first-order valence-corrected chi connectivity index (χ1v) is 8.97. The van der Waals surface area contributed by atoms with Gasteiger partial charge in [0.2, 0.25) is 11.8 Å². The van der Waals surface area contributed by atoms with E-state index in [4.69, 9.17) is 0 Å². The van der Waals surface area contributed by atoms with Crippen LogP contribution in [0.4, 0.5) is 5.69 Å². The lowest BCUT2D eigenvalue weighted by molar-refractivity contribution is -0.129. The number of carbonyl (C=O) groups is 3. The summed E-state index contributed by atoms with van der Waals surface area (Å²) >= 11 is 0. The fourth-order valence-corrected chi connectivity index (χ4v) is 3.29. The monoisotopic (exact) mass is 365 g/mol. The molecule has 0 radical (unpaired) electrons. The van der Waals surface area contributed by atoms with Crippen molar-refractivity contribution < 1.29 is 14.4 Å². The molecule has 140 valence electrons. The Morgan fingerprint density at radius 1 is 1.07 bits per heavy atom. The molecular weight excluding hydrogens is 342 g/mol. The first kappa shape index (κ1) is 18.6. The molecule has 1 saturated heterocycles. The van der Waals surface area contributed by atoms with E-state index in [0.29, 0.717) is 17.8 Å². The zero-order chi connectivity index (χ0) is 19.4. The van der Waals surface area contributed by atoms with E-state index in [9.17, 15) is 14.4 Å². The maximum Gasteiger partial charge on any atom is 0.251 e. The largest absolute Gasteiger partial charge is 0.355 e. The van der Waals surface area contributed by atoms with Gasteiger partial charge in [-0.05, 0) is 36.8 Å². The number of amides is 3. The van der Waals surface area contributed by atoms with Gasteiger partial charge in [0.25, 0.3) is 5.91 Å². The van der Waals surface area contributed by atoms with Gasteiger partial charge in [-0.15, -0.1) is 0 Å². The molecule has 0 aromatic heterocycles. The van der Waals surface area contributed by atoms with Gasteiger partial charge in [-0.1, -0.05) is 30.3 Å². The molecule has 3 rings (SSSR count). The predicted octanol–water partition coefficient (Wildman–Crippen LogP) is 2.59. The molecule has 1 aliphatic heterocycles. The van der Waals surface area contributed by atoms with Gasteiger partial charge in [-0.2, -0.15) is 0 Å². The van der Waals surface area contributed by atoms with Gasteiger partial charge in [0.1, 0.15) is 0 Å². The molecule has 1 aliphatic rings. The Labute approximate surface area is 158 Å². The Kier molecular flexibility index (Phi) is 5.54. The van der Waals surface area contributed by atoms with Gasteiger partial charge in [0, 0.05) is 31.3 Å². The van der Waals surface area contributed by atoms with Crippen molar-refractivity contribution in [3.63, 3.8) is 0 Å². The van der Waals surface area contributed by atoms with Crippen LogP contribution >= 0.6 is 0 Å². The smallest absolute Gasteiger partial charge is 0.251 e. The molecule has 2 atom stereocenters. The molecular formula is C21H23N3O3. The third kappa shape index (κ3) is 4.16. The molecule has 27 heavy (non-hydrogen) atoms. The van der Waals surface area contributed by atoms with Crippen LogP contribution in [0.3, 0.4) is 0 Å². The molecule has 0 saturated carbocycles. The molecule has 1 heterocycles. The highest BCUT2D eigenvalue weighted by Gasteiger charge is 2.37. The third-order valence-corrected chi connectivity index (χ3v) is 4.92. The minimum absolute atomic E-state index is 0.0125. The predicted molar refractivity (Wildman–Crippen MR) is 103 cm³/mol. The normalized spacial score (nSPS) is 17.5. The quantitative estimate of drug-likeness (QED) is 0.855. The van der Waals surface area contributed by atoms with Gasteiger partial charge in [0.05, 0.1) is 12.0 Å². The lowest BCUT2D eigenvalue weighted by atomic mass is 10.1. The summed E-state index contributed by atoms with van der Waals surface area (Å²) < 4.78 is 0. The van der Waals surface area contributed by atoms with Crippen LogP contribution in [0.1, 0.15) is 35.3 Å². The Bertz CT molecular complexity index is 834. The summed E-state index contributed by atoms with van der Waals surface area (Å²) in [6.45, 7) is 2.38. The SMILES string of the molecule is CNC(=O)c1ccc(NC(=O)[C@H]2CC(=O)N([C@@H](C)c3ccccc3)C2)cc1. The van der Waals surface area contributed by atoms with E-state index in [-0.39, 0.29) is 36.1 Å². The summed E-state index contributed by atoms with van der Waals surface area (Å²) in [5.74, 6) is -0.762. The molecule has 2 aromatic carbocycles. The molecule has 3 amide bonds. The number of nitrogens with one attached hydrogen (secondary N) is 2. The van der Waals surface area contributed by atoms with E-state index < -0.39 is 0 Å². The molecule has 0 aliphatic carbocycles. The van der Waals surface area contributed by atoms with Crippen molar-refractivity contribution in [1.29, 1.82) is 0 Å². The van der Waals surface area contributed by atoms with E-state index in [1.165, 1.54) is 0 Å². The highest BCUT2D eigenvalue weighted by atomic mass is 16.2. The van der Waals surface area contributed by atoms with E-state index in [1.54, 1.807) is 36.2 Å². The van der Waals surface area contributed by atoms with Crippen molar-refractivity contribution in [3.8, 4) is 0 Å². The minimum atomic E-state index is -0.387. The summed E-state index contributed by atoms with van der Waals surface area (Å²) in [6, 6.07) is 16.4. The molecule has 2 aromatic rings. The summed E-state index contributed by atoms with van der Waals surface area (Å²) in [7, 11) is 1.57. The first-order chi connectivity index (χ1) is 13.0. The zero-order valence-electron chi connectivity index (χ0n) is 15.4. The number of carbonyl (C=O) groups excluding carboxylic acids is 3. The van der Waals surface area contributed by atoms with Crippen LogP contribution in [0.15, 0.2) is 54.6 Å². The van der Waals surface area contributed by atoms with Crippen molar-refractivity contribution in [1.82, 2.24) is 10.2 Å². The average Bonchev–Trinajstić information content (AvgIpc) is 3.10. The number of hydrogen-bond acceptors (Lipinski definition) is 3. The van der Waals surface area contributed by atoms with Crippen molar-refractivity contribution in [2.45, 2.75) is 19.4 Å². The first-order valence-electron chi connectivity index (χ1n) is 8.97. The Balaban J connectivity index is 1.63. The average molecular weight is 365 g/mol. The summed E-state index contributed by atoms with van der Waals surface area (Å²) in [4.78, 5) is 38.3. The molecule has 0 unspecified atom stereocenters. The fraction of sp³-hybridized carbons (Fsp3) is 0.286. The number of anilines is 1. The third-order valence-electron chi connectivity index (χ3n) is 4.92. The van der Waals surface area contributed by atoms with Gasteiger partial charge in [0.15, 0.2) is 0 Å². The maximum absolute atomic E-state index is 12.6. The highest BCUT2D eigenvalue weighted by molar-refractivity contribution is 5.98. The highest BCUT2D eigenvalue weighted by Crippen LogP contribution is 2.29. The van der Waals surface area contributed by atoms with Crippen LogP contribution in [0, 0.1) is 5.92 Å². The fourth-order valence-electron chi connectivity index (χ4n) is 3.29. The summed E-state index contributed by atoms with van der Waals surface area (Å²) in [5.41, 5.74) is 2.18. The number of hydrogen-bond donors (Lipinski definition) is 2. The van der Waals surface area contributed by atoms with Crippen molar-refractivity contribution in [3.05, 3.63) is 65.7 Å².